The van der Waals surface area contributed by atoms with Gasteiger partial charge < -0.3 is 15.4 Å². The quantitative estimate of drug-likeness (QED) is 0.664. The molecule has 0 saturated heterocycles. The molecule has 0 aliphatic rings. The van der Waals surface area contributed by atoms with Crippen LogP contribution in [0, 0.1) is 6.92 Å². The standard InChI is InChI=1S/C13H13N5O2S/c1-7-2-9-11(16-6-17-12(9)21-7)18-10(13(19)20)3-8-4-14-5-15-8/h2,4-6,10H,3H2,1H3,(H,14,15)(H,19,20)(H,16,17,18). The maximum Gasteiger partial charge on any atom is 0.326 e. The molecule has 1 unspecified atom stereocenters. The van der Waals surface area contributed by atoms with E-state index in [1.54, 1.807) is 17.5 Å². The first-order chi connectivity index (χ1) is 10.1. The van der Waals surface area contributed by atoms with Crippen LogP contribution in [-0.4, -0.2) is 37.1 Å². The van der Waals surface area contributed by atoms with E-state index in [9.17, 15) is 9.90 Å². The fraction of sp³-hybridized carbons (Fsp3) is 0.231. The van der Waals surface area contributed by atoms with Gasteiger partial charge in [0.15, 0.2) is 0 Å². The van der Waals surface area contributed by atoms with Gasteiger partial charge in [-0.3, -0.25) is 0 Å². The van der Waals surface area contributed by atoms with Gasteiger partial charge in [0.25, 0.3) is 0 Å². The molecule has 3 aromatic heterocycles. The SMILES string of the molecule is Cc1cc2c(NC(Cc3cnc[nH]3)C(=O)O)ncnc2s1. The van der Waals surface area contributed by atoms with Crippen molar-refractivity contribution in [2.45, 2.75) is 19.4 Å². The fourth-order valence-electron chi connectivity index (χ4n) is 2.07. The van der Waals surface area contributed by atoms with Crippen LogP contribution in [0.1, 0.15) is 10.6 Å². The average molecular weight is 303 g/mol. The highest BCUT2D eigenvalue weighted by atomic mass is 32.1. The van der Waals surface area contributed by atoms with E-state index in [2.05, 4.69) is 25.3 Å². The Morgan fingerprint density at radius 3 is 3.10 bits per heavy atom. The lowest BCUT2D eigenvalue weighted by Crippen LogP contribution is -2.32. The van der Waals surface area contributed by atoms with Crippen LogP contribution in [0.4, 0.5) is 5.82 Å². The van der Waals surface area contributed by atoms with Gasteiger partial charge >= 0.3 is 5.97 Å². The lowest BCUT2D eigenvalue weighted by molar-refractivity contribution is -0.137. The zero-order valence-electron chi connectivity index (χ0n) is 11.2. The molecule has 0 bridgehead atoms. The molecule has 3 aromatic rings. The molecule has 0 aliphatic carbocycles. The maximum atomic E-state index is 11.4. The predicted molar refractivity (Wildman–Crippen MR) is 79.5 cm³/mol. The van der Waals surface area contributed by atoms with Crippen molar-refractivity contribution in [1.82, 2.24) is 19.9 Å². The summed E-state index contributed by atoms with van der Waals surface area (Å²) in [5.74, 6) is -0.403. The van der Waals surface area contributed by atoms with Crippen LogP contribution in [0.2, 0.25) is 0 Å². The normalized spacial score (nSPS) is 12.4. The van der Waals surface area contributed by atoms with E-state index in [1.807, 2.05) is 13.0 Å². The van der Waals surface area contributed by atoms with Gasteiger partial charge in [-0.2, -0.15) is 0 Å². The molecule has 0 radical (unpaired) electrons. The van der Waals surface area contributed by atoms with Crippen molar-refractivity contribution in [3.8, 4) is 0 Å². The first-order valence-electron chi connectivity index (χ1n) is 6.31. The number of aliphatic carboxylic acids is 1. The number of carbonyl (C=O) groups is 1. The van der Waals surface area contributed by atoms with E-state index in [0.29, 0.717) is 12.2 Å². The van der Waals surface area contributed by atoms with Crippen molar-refractivity contribution in [2.24, 2.45) is 0 Å². The third kappa shape index (κ3) is 2.84. The Labute approximate surface area is 124 Å². The third-order valence-corrected chi connectivity index (χ3v) is 4.00. The first kappa shape index (κ1) is 13.5. The molecule has 0 amide bonds. The Hall–Kier alpha value is -2.48. The zero-order valence-corrected chi connectivity index (χ0v) is 12.0. The summed E-state index contributed by atoms with van der Waals surface area (Å²) >= 11 is 1.55. The topological polar surface area (TPSA) is 104 Å². The van der Waals surface area contributed by atoms with Crippen molar-refractivity contribution < 1.29 is 9.90 Å². The van der Waals surface area contributed by atoms with Gasteiger partial charge in [0, 0.05) is 23.2 Å². The minimum atomic E-state index is -0.941. The number of hydrogen-bond acceptors (Lipinski definition) is 6. The van der Waals surface area contributed by atoms with E-state index in [-0.39, 0.29) is 0 Å². The van der Waals surface area contributed by atoms with Gasteiger partial charge in [-0.25, -0.2) is 19.7 Å². The number of hydrogen-bond donors (Lipinski definition) is 3. The molecule has 8 heteroatoms. The summed E-state index contributed by atoms with van der Waals surface area (Å²) in [5.41, 5.74) is 0.752. The van der Waals surface area contributed by atoms with Gasteiger partial charge in [-0.1, -0.05) is 0 Å². The maximum absolute atomic E-state index is 11.4. The van der Waals surface area contributed by atoms with Gasteiger partial charge in [0.2, 0.25) is 0 Å². The summed E-state index contributed by atoms with van der Waals surface area (Å²) < 4.78 is 0. The minimum absolute atomic E-state index is 0.296. The van der Waals surface area contributed by atoms with Crippen LogP contribution in [0.3, 0.4) is 0 Å². The second kappa shape index (κ2) is 5.49. The Balaban J connectivity index is 1.89. The molecule has 108 valence electrons. The van der Waals surface area contributed by atoms with Crippen molar-refractivity contribution in [1.29, 1.82) is 0 Å². The number of carboxylic acid groups (broad SMARTS) is 1. The number of anilines is 1. The molecule has 21 heavy (non-hydrogen) atoms. The predicted octanol–water partition coefficient (Wildman–Crippen LogP) is 1.83. The average Bonchev–Trinajstić information content (AvgIpc) is 3.06. The largest absolute Gasteiger partial charge is 0.480 e. The third-order valence-electron chi connectivity index (χ3n) is 3.04. The molecule has 7 nitrogen and oxygen atoms in total. The first-order valence-corrected chi connectivity index (χ1v) is 7.13. The lowest BCUT2D eigenvalue weighted by atomic mass is 10.1. The monoisotopic (exact) mass is 303 g/mol. The summed E-state index contributed by atoms with van der Waals surface area (Å²) in [7, 11) is 0. The highest BCUT2D eigenvalue weighted by Crippen LogP contribution is 2.27. The van der Waals surface area contributed by atoms with Crippen molar-refractivity contribution in [2.75, 3.05) is 5.32 Å². The second-order valence-corrected chi connectivity index (χ2v) is 5.85. The molecule has 3 heterocycles. The van der Waals surface area contributed by atoms with E-state index in [1.165, 1.54) is 12.7 Å². The van der Waals surface area contributed by atoms with Crippen molar-refractivity contribution >= 4 is 33.3 Å². The van der Waals surface area contributed by atoms with Gasteiger partial charge in [-0.15, -0.1) is 11.3 Å². The molecule has 0 spiro atoms. The highest BCUT2D eigenvalue weighted by molar-refractivity contribution is 7.18. The number of rotatable bonds is 5. The smallest absolute Gasteiger partial charge is 0.326 e. The molecule has 0 saturated carbocycles. The molecular formula is C13H13N5O2S. The van der Waals surface area contributed by atoms with Crippen LogP contribution in [0.5, 0.6) is 0 Å². The summed E-state index contributed by atoms with van der Waals surface area (Å²) in [6.07, 6.45) is 4.88. The molecule has 0 fully saturated rings. The number of aromatic nitrogens is 4. The lowest BCUT2D eigenvalue weighted by Gasteiger charge is -2.14. The van der Waals surface area contributed by atoms with Gasteiger partial charge in [0.05, 0.1) is 11.7 Å². The number of imidazole rings is 1. The van der Waals surface area contributed by atoms with Crippen molar-refractivity contribution in [3.63, 3.8) is 0 Å². The van der Waals surface area contributed by atoms with E-state index in [4.69, 9.17) is 0 Å². The fourth-order valence-corrected chi connectivity index (χ4v) is 2.92. The summed E-state index contributed by atoms with van der Waals surface area (Å²) in [6.45, 7) is 1.98. The number of aryl methyl sites for hydroxylation is 1. The Morgan fingerprint density at radius 2 is 2.38 bits per heavy atom. The Bertz CT molecular complexity index is 768. The molecule has 3 rings (SSSR count). The summed E-state index contributed by atoms with van der Waals surface area (Å²) in [4.78, 5) is 28.5. The zero-order chi connectivity index (χ0) is 14.8. The molecule has 0 aromatic carbocycles. The summed E-state index contributed by atoms with van der Waals surface area (Å²) in [5, 5.41) is 13.2. The van der Waals surface area contributed by atoms with Crippen molar-refractivity contribution in [3.05, 3.63) is 35.5 Å². The van der Waals surface area contributed by atoms with Crippen LogP contribution in [0.25, 0.3) is 10.2 Å². The number of nitrogens with one attached hydrogen (secondary N) is 2. The number of H-pyrrole nitrogens is 1. The van der Waals surface area contributed by atoms with E-state index < -0.39 is 12.0 Å². The van der Waals surface area contributed by atoms with Crippen LogP contribution >= 0.6 is 11.3 Å². The van der Waals surface area contributed by atoms with Gasteiger partial charge in [-0.05, 0) is 13.0 Å². The number of fused-ring (bicyclic) bond motifs is 1. The number of thiophene rings is 1. The van der Waals surface area contributed by atoms with Crippen LogP contribution in [-0.2, 0) is 11.2 Å². The number of aromatic amines is 1. The second-order valence-electron chi connectivity index (χ2n) is 4.61. The number of carboxylic acids is 1. The Kier molecular flexibility index (Phi) is 3.53. The van der Waals surface area contributed by atoms with E-state index in [0.717, 1.165) is 20.8 Å². The molecule has 0 aliphatic heterocycles. The van der Waals surface area contributed by atoms with E-state index >= 15 is 0 Å². The molecular weight excluding hydrogens is 290 g/mol. The van der Waals surface area contributed by atoms with Gasteiger partial charge in [0.1, 0.15) is 23.0 Å². The number of nitrogens with zero attached hydrogens (tertiary/aromatic N) is 3. The molecule has 1 atom stereocenters. The minimum Gasteiger partial charge on any atom is -0.480 e. The molecule has 3 N–H and O–H groups in total. The summed E-state index contributed by atoms with van der Waals surface area (Å²) in [6, 6.07) is 1.17. The van der Waals surface area contributed by atoms with Crippen LogP contribution < -0.4 is 5.32 Å². The van der Waals surface area contributed by atoms with Crippen LogP contribution in [0.15, 0.2) is 24.9 Å². The highest BCUT2D eigenvalue weighted by Gasteiger charge is 2.20. The Morgan fingerprint density at radius 1 is 1.52 bits per heavy atom.